The number of carbonyl (C=O) groups is 1. The van der Waals surface area contributed by atoms with Gasteiger partial charge in [0.2, 0.25) is 0 Å². The molecule has 2 rings (SSSR count). The van der Waals surface area contributed by atoms with Crippen LogP contribution in [0.25, 0.3) is 0 Å². The standard InChI is InChI=1S/C9H15NO3/c11-9(12)7-1-2-10-3-4-13-6-8(10)5-7/h7-8H,1-6H2,(H,11,12). The molecule has 0 amide bonds. The van der Waals surface area contributed by atoms with Crippen LogP contribution in [0.4, 0.5) is 0 Å². The molecule has 2 unspecified atom stereocenters. The number of hydrogen-bond donors (Lipinski definition) is 1. The van der Waals surface area contributed by atoms with Crippen LogP contribution in [0.15, 0.2) is 0 Å². The second-order valence-corrected chi connectivity index (χ2v) is 3.82. The number of ether oxygens (including phenoxy) is 1. The van der Waals surface area contributed by atoms with Gasteiger partial charge in [0.25, 0.3) is 0 Å². The Hall–Kier alpha value is -0.610. The molecular formula is C9H15NO3. The zero-order chi connectivity index (χ0) is 9.26. The van der Waals surface area contributed by atoms with E-state index >= 15 is 0 Å². The summed E-state index contributed by atoms with van der Waals surface area (Å²) in [4.78, 5) is 13.1. The summed E-state index contributed by atoms with van der Waals surface area (Å²) in [6, 6.07) is 0.351. The van der Waals surface area contributed by atoms with Crippen LogP contribution in [0.2, 0.25) is 0 Å². The lowest BCUT2D eigenvalue weighted by molar-refractivity contribution is -0.145. The molecular weight excluding hydrogens is 170 g/mol. The summed E-state index contributed by atoms with van der Waals surface area (Å²) >= 11 is 0. The molecule has 0 saturated carbocycles. The molecule has 0 aromatic heterocycles. The van der Waals surface area contributed by atoms with Gasteiger partial charge in [-0.25, -0.2) is 0 Å². The molecule has 0 aliphatic carbocycles. The minimum Gasteiger partial charge on any atom is -0.481 e. The monoisotopic (exact) mass is 185 g/mol. The molecule has 2 aliphatic rings. The minimum atomic E-state index is -0.648. The number of nitrogens with zero attached hydrogens (tertiary/aromatic N) is 1. The highest BCUT2D eigenvalue weighted by molar-refractivity contribution is 5.70. The lowest BCUT2D eigenvalue weighted by atomic mass is 9.91. The summed E-state index contributed by atoms with van der Waals surface area (Å²) in [5.41, 5.74) is 0. The van der Waals surface area contributed by atoms with Crippen LogP contribution in [-0.2, 0) is 9.53 Å². The van der Waals surface area contributed by atoms with Crippen molar-refractivity contribution in [1.82, 2.24) is 4.90 Å². The normalized spacial score (nSPS) is 35.4. The van der Waals surface area contributed by atoms with Crippen molar-refractivity contribution in [1.29, 1.82) is 0 Å². The third-order valence-electron chi connectivity index (χ3n) is 3.02. The predicted molar refractivity (Wildman–Crippen MR) is 46.5 cm³/mol. The van der Waals surface area contributed by atoms with Crippen LogP contribution >= 0.6 is 0 Å². The molecule has 0 bridgehead atoms. The van der Waals surface area contributed by atoms with Gasteiger partial charge >= 0.3 is 5.97 Å². The molecule has 2 atom stereocenters. The Balaban J connectivity index is 1.95. The molecule has 13 heavy (non-hydrogen) atoms. The van der Waals surface area contributed by atoms with Gasteiger partial charge in [-0.1, -0.05) is 0 Å². The van der Waals surface area contributed by atoms with Crippen molar-refractivity contribution in [2.75, 3.05) is 26.3 Å². The fourth-order valence-corrected chi connectivity index (χ4v) is 2.19. The van der Waals surface area contributed by atoms with E-state index in [2.05, 4.69) is 4.90 Å². The average molecular weight is 185 g/mol. The summed E-state index contributed by atoms with van der Waals surface area (Å²) < 4.78 is 5.33. The molecule has 4 nitrogen and oxygen atoms in total. The number of piperidine rings is 1. The SMILES string of the molecule is O=C(O)C1CCN2CCOCC2C1. The number of hydrogen-bond acceptors (Lipinski definition) is 3. The van der Waals surface area contributed by atoms with Crippen molar-refractivity contribution in [2.45, 2.75) is 18.9 Å². The molecule has 2 heterocycles. The number of rotatable bonds is 1. The first-order valence-electron chi connectivity index (χ1n) is 4.82. The van der Waals surface area contributed by atoms with Gasteiger partial charge in [0, 0.05) is 12.6 Å². The highest BCUT2D eigenvalue weighted by atomic mass is 16.5. The van der Waals surface area contributed by atoms with Crippen molar-refractivity contribution in [3.05, 3.63) is 0 Å². The maximum atomic E-state index is 10.8. The Bertz CT molecular complexity index is 207. The molecule has 0 aromatic rings. The fraction of sp³-hybridized carbons (Fsp3) is 0.889. The highest BCUT2D eigenvalue weighted by Crippen LogP contribution is 2.24. The summed E-state index contributed by atoms with van der Waals surface area (Å²) in [5, 5.41) is 8.87. The van der Waals surface area contributed by atoms with Gasteiger partial charge in [-0.3, -0.25) is 9.69 Å². The van der Waals surface area contributed by atoms with Crippen molar-refractivity contribution in [3.63, 3.8) is 0 Å². The number of carboxylic acids is 1. The second-order valence-electron chi connectivity index (χ2n) is 3.82. The van der Waals surface area contributed by atoms with E-state index in [9.17, 15) is 4.79 Å². The molecule has 1 N–H and O–H groups in total. The van der Waals surface area contributed by atoms with E-state index in [1.54, 1.807) is 0 Å². The predicted octanol–water partition coefficient (Wildman–Crippen LogP) is 0.182. The number of aliphatic carboxylic acids is 1. The Labute approximate surface area is 77.5 Å². The maximum absolute atomic E-state index is 10.8. The minimum absolute atomic E-state index is 0.150. The Kier molecular flexibility index (Phi) is 2.51. The van der Waals surface area contributed by atoms with Gasteiger partial charge < -0.3 is 9.84 Å². The quantitative estimate of drug-likeness (QED) is 0.633. The topological polar surface area (TPSA) is 49.8 Å². The first kappa shape index (κ1) is 8.97. The fourth-order valence-electron chi connectivity index (χ4n) is 2.19. The van der Waals surface area contributed by atoms with E-state index in [0.29, 0.717) is 12.6 Å². The zero-order valence-electron chi connectivity index (χ0n) is 7.61. The van der Waals surface area contributed by atoms with E-state index in [0.717, 1.165) is 32.5 Å². The average Bonchev–Trinajstić information content (AvgIpc) is 2.17. The summed E-state index contributed by atoms with van der Waals surface area (Å²) in [6.07, 6.45) is 1.56. The molecule has 2 saturated heterocycles. The van der Waals surface area contributed by atoms with Crippen molar-refractivity contribution >= 4 is 5.97 Å². The maximum Gasteiger partial charge on any atom is 0.306 e. The lowest BCUT2D eigenvalue weighted by Gasteiger charge is -2.40. The largest absolute Gasteiger partial charge is 0.481 e. The van der Waals surface area contributed by atoms with Gasteiger partial charge in [-0.05, 0) is 19.4 Å². The van der Waals surface area contributed by atoms with E-state index in [1.807, 2.05) is 0 Å². The van der Waals surface area contributed by atoms with Crippen LogP contribution in [0.1, 0.15) is 12.8 Å². The first-order chi connectivity index (χ1) is 6.27. The molecule has 2 fully saturated rings. The molecule has 74 valence electrons. The van der Waals surface area contributed by atoms with Crippen LogP contribution in [-0.4, -0.2) is 48.3 Å². The van der Waals surface area contributed by atoms with E-state index in [4.69, 9.17) is 9.84 Å². The van der Waals surface area contributed by atoms with Gasteiger partial charge in [0.1, 0.15) is 0 Å². The summed E-state index contributed by atoms with van der Waals surface area (Å²) in [5.74, 6) is -0.798. The van der Waals surface area contributed by atoms with E-state index in [-0.39, 0.29) is 5.92 Å². The summed E-state index contributed by atoms with van der Waals surface area (Å²) in [7, 11) is 0. The highest BCUT2D eigenvalue weighted by Gasteiger charge is 2.33. The Morgan fingerprint density at radius 1 is 1.46 bits per heavy atom. The Morgan fingerprint density at radius 2 is 2.31 bits per heavy atom. The van der Waals surface area contributed by atoms with Gasteiger partial charge in [0.05, 0.1) is 19.1 Å². The van der Waals surface area contributed by atoms with Crippen LogP contribution in [0, 0.1) is 5.92 Å². The molecule has 0 aromatic carbocycles. The van der Waals surface area contributed by atoms with Gasteiger partial charge in [-0.15, -0.1) is 0 Å². The van der Waals surface area contributed by atoms with E-state index in [1.165, 1.54) is 0 Å². The second kappa shape index (κ2) is 3.64. The van der Waals surface area contributed by atoms with Gasteiger partial charge in [0.15, 0.2) is 0 Å². The van der Waals surface area contributed by atoms with Crippen LogP contribution in [0.3, 0.4) is 0 Å². The number of carboxylic acid groups (broad SMARTS) is 1. The van der Waals surface area contributed by atoms with Gasteiger partial charge in [-0.2, -0.15) is 0 Å². The molecule has 4 heteroatoms. The third kappa shape index (κ3) is 1.84. The first-order valence-corrected chi connectivity index (χ1v) is 4.82. The number of fused-ring (bicyclic) bond motifs is 1. The Morgan fingerprint density at radius 3 is 3.08 bits per heavy atom. The molecule has 2 aliphatic heterocycles. The zero-order valence-corrected chi connectivity index (χ0v) is 7.61. The summed E-state index contributed by atoms with van der Waals surface area (Å²) in [6.45, 7) is 3.40. The number of morpholine rings is 1. The van der Waals surface area contributed by atoms with Crippen LogP contribution in [0.5, 0.6) is 0 Å². The van der Waals surface area contributed by atoms with Crippen molar-refractivity contribution in [2.24, 2.45) is 5.92 Å². The van der Waals surface area contributed by atoms with E-state index < -0.39 is 5.97 Å². The van der Waals surface area contributed by atoms with Crippen LogP contribution < -0.4 is 0 Å². The van der Waals surface area contributed by atoms with Crippen molar-refractivity contribution in [3.8, 4) is 0 Å². The third-order valence-corrected chi connectivity index (χ3v) is 3.02. The lowest BCUT2D eigenvalue weighted by Crippen LogP contribution is -2.51. The van der Waals surface area contributed by atoms with Crippen molar-refractivity contribution < 1.29 is 14.6 Å². The molecule has 0 spiro atoms. The molecule has 0 radical (unpaired) electrons. The smallest absolute Gasteiger partial charge is 0.306 e.